The third kappa shape index (κ3) is 2.56. The topological polar surface area (TPSA) is 60.9 Å². The van der Waals surface area contributed by atoms with Crippen molar-refractivity contribution in [3.63, 3.8) is 0 Å². The number of hydrogen-bond acceptors (Lipinski definition) is 3. The lowest BCUT2D eigenvalue weighted by Gasteiger charge is -2.11. The van der Waals surface area contributed by atoms with Crippen LogP contribution in [0.3, 0.4) is 0 Å². The van der Waals surface area contributed by atoms with Crippen LogP contribution in [0, 0.1) is 6.92 Å². The average Bonchev–Trinajstić information content (AvgIpc) is 2.74. The predicted octanol–water partition coefficient (Wildman–Crippen LogP) is 3.35. The van der Waals surface area contributed by atoms with Gasteiger partial charge >= 0.3 is 0 Å². The van der Waals surface area contributed by atoms with Gasteiger partial charge in [0.25, 0.3) is 0 Å². The van der Waals surface area contributed by atoms with E-state index in [9.17, 15) is 4.79 Å². The molecule has 2 aromatic rings. The highest BCUT2D eigenvalue weighted by Gasteiger charge is 2.20. The number of rotatable bonds is 3. The van der Waals surface area contributed by atoms with Crippen molar-refractivity contribution in [3.8, 4) is 0 Å². The van der Waals surface area contributed by atoms with Crippen LogP contribution >= 0.6 is 15.9 Å². The van der Waals surface area contributed by atoms with Gasteiger partial charge in [-0.3, -0.25) is 9.48 Å². The first-order valence-electron chi connectivity index (χ1n) is 6.05. The van der Waals surface area contributed by atoms with E-state index in [1.165, 1.54) is 0 Å². The molecule has 5 heteroatoms. The summed E-state index contributed by atoms with van der Waals surface area (Å²) in [6, 6.07) is 5.43. The van der Waals surface area contributed by atoms with Crippen LogP contribution in [0.5, 0.6) is 0 Å². The quantitative estimate of drug-likeness (QED) is 0.696. The Morgan fingerprint density at radius 2 is 2.11 bits per heavy atom. The Balaban J connectivity index is 2.49. The number of carbonyl (C=O) groups is 1. The third-order valence-corrected chi connectivity index (χ3v) is 3.57. The van der Waals surface area contributed by atoms with E-state index in [4.69, 9.17) is 5.73 Å². The Bertz CT molecular complexity index is 632. The second kappa shape index (κ2) is 5.17. The van der Waals surface area contributed by atoms with Crippen LogP contribution in [-0.2, 0) is 0 Å². The summed E-state index contributed by atoms with van der Waals surface area (Å²) in [5.41, 5.74) is 8.55. The molecule has 0 aliphatic rings. The number of anilines is 1. The van der Waals surface area contributed by atoms with Crippen molar-refractivity contribution in [1.29, 1.82) is 0 Å². The van der Waals surface area contributed by atoms with Gasteiger partial charge in [-0.15, -0.1) is 0 Å². The molecule has 0 spiro atoms. The van der Waals surface area contributed by atoms with Gasteiger partial charge in [0.1, 0.15) is 5.69 Å². The van der Waals surface area contributed by atoms with E-state index in [1.807, 2.05) is 26.8 Å². The zero-order valence-corrected chi connectivity index (χ0v) is 12.7. The minimum absolute atomic E-state index is 0.0545. The molecule has 1 aromatic heterocycles. The van der Waals surface area contributed by atoms with Crippen LogP contribution < -0.4 is 5.73 Å². The molecule has 100 valence electrons. The molecular weight excluding hydrogens is 306 g/mol. The molecule has 2 rings (SSSR count). The van der Waals surface area contributed by atoms with E-state index in [1.54, 1.807) is 23.0 Å². The Morgan fingerprint density at radius 3 is 2.68 bits per heavy atom. The molecule has 1 heterocycles. The molecule has 0 bridgehead atoms. The monoisotopic (exact) mass is 321 g/mol. The minimum Gasteiger partial charge on any atom is -0.399 e. The van der Waals surface area contributed by atoms with Crippen molar-refractivity contribution in [2.24, 2.45) is 0 Å². The lowest BCUT2D eigenvalue weighted by molar-refractivity contribution is 0.102. The van der Waals surface area contributed by atoms with Gasteiger partial charge in [0.05, 0.1) is 10.7 Å². The van der Waals surface area contributed by atoms with Crippen LogP contribution in [0.4, 0.5) is 5.69 Å². The molecule has 1 aromatic carbocycles. The summed E-state index contributed by atoms with van der Waals surface area (Å²) in [4.78, 5) is 12.6. The van der Waals surface area contributed by atoms with Crippen molar-refractivity contribution >= 4 is 27.4 Å². The highest BCUT2D eigenvalue weighted by atomic mass is 79.9. The minimum atomic E-state index is -0.0545. The van der Waals surface area contributed by atoms with Gasteiger partial charge in [0.2, 0.25) is 5.78 Å². The van der Waals surface area contributed by atoms with Gasteiger partial charge in [0, 0.05) is 17.3 Å². The summed E-state index contributed by atoms with van der Waals surface area (Å²) < 4.78 is 2.43. The molecule has 0 saturated carbocycles. The van der Waals surface area contributed by atoms with E-state index in [-0.39, 0.29) is 11.8 Å². The number of nitrogens with two attached hydrogens (primary N) is 1. The van der Waals surface area contributed by atoms with Gasteiger partial charge < -0.3 is 5.73 Å². The maximum atomic E-state index is 12.6. The first kappa shape index (κ1) is 13.8. The van der Waals surface area contributed by atoms with Gasteiger partial charge in [-0.1, -0.05) is 0 Å². The number of carbonyl (C=O) groups excluding carboxylic acids is 1. The highest BCUT2D eigenvalue weighted by molar-refractivity contribution is 9.10. The number of hydrogen-bond donors (Lipinski definition) is 1. The molecule has 2 N–H and O–H groups in total. The van der Waals surface area contributed by atoms with E-state index in [2.05, 4.69) is 21.0 Å². The third-order valence-electron chi connectivity index (χ3n) is 2.99. The summed E-state index contributed by atoms with van der Waals surface area (Å²) >= 11 is 3.39. The van der Waals surface area contributed by atoms with Crippen molar-refractivity contribution in [2.45, 2.75) is 26.8 Å². The van der Waals surface area contributed by atoms with Gasteiger partial charge in [0.15, 0.2) is 0 Å². The van der Waals surface area contributed by atoms with E-state index < -0.39 is 0 Å². The van der Waals surface area contributed by atoms with Crippen molar-refractivity contribution in [3.05, 3.63) is 45.7 Å². The van der Waals surface area contributed by atoms with Crippen molar-refractivity contribution in [1.82, 2.24) is 9.78 Å². The van der Waals surface area contributed by atoms with Gasteiger partial charge in [-0.25, -0.2) is 0 Å². The Labute approximate surface area is 120 Å². The lowest BCUT2D eigenvalue weighted by Crippen LogP contribution is -2.14. The Morgan fingerprint density at radius 1 is 1.42 bits per heavy atom. The number of benzene rings is 1. The van der Waals surface area contributed by atoms with E-state index >= 15 is 0 Å². The summed E-state index contributed by atoms with van der Waals surface area (Å²) in [6.45, 7) is 5.87. The molecule has 0 aliphatic carbocycles. The van der Waals surface area contributed by atoms with Crippen molar-refractivity contribution < 1.29 is 4.79 Å². The zero-order valence-electron chi connectivity index (χ0n) is 11.1. The molecule has 0 unspecified atom stereocenters. The average molecular weight is 322 g/mol. The van der Waals surface area contributed by atoms with Gasteiger partial charge in [-0.05, 0) is 60.5 Å². The molecule has 0 fully saturated rings. The fourth-order valence-corrected chi connectivity index (χ4v) is 2.35. The standard InChI is InChI=1S/C14H16BrN3O/c1-8(2)18-13(11(15)7-17-18)14(19)10-4-5-12(16)9(3)6-10/h4-8H,16H2,1-3H3. The number of aryl methyl sites for hydroxylation is 1. The van der Waals surface area contributed by atoms with E-state index in [0.29, 0.717) is 21.4 Å². The molecule has 0 saturated heterocycles. The first-order valence-corrected chi connectivity index (χ1v) is 6.85. The largest absolute Gasteiger partial charge is 0.399 e. The summed E-state index contributed by atoms with van der Waals surface area (Å²) in [7, 11) is 0. The predicted molar refractivity (Wildman–Crippen MR) is 79.3 cm³/mol. The van der Waals surface area contributed by atoms with Gasteiger partial charge in [-0.2, -0.15) is 5.10 Å². The second-order valence-electron chi connectivity index (χ2n) is 4.78. The van der Waals surface area contributed by atoms with Crippen LogP contribution in [-0.4, -0.2) is 15.6 Å². The molecule has 0 radical (unpaired) electrons. The van der Waals surface area contributed by atoms with Crippen LogP contribution in [0.2, 0.25) is 0 Å². The summed E-state index contributed by atoms with van der Waals surface area (Å²) in [5, 5.41) is 4.23. The molecule has 0 aliphatic heterocycles. The second-order valence-corrected chi connectivity index (χ2v) is 5.63. The highest BCUT2D eigenvalue weighted by Crippen LogP contribution is 2.24. The fraction of sp³-hybridized carbons (Fsp3) is 0.286. The maximum Gasteiger partial charge on any atom is 0.212 e. The van der Waals surface area contributed by atoms with E-state index in [0.717, 1.165) is 5.56 Å². The first-order chi connectivity index (χ1) is 8.91. The smallest absolute Gasteiger partial charge is 0.212 e. The van der Waals surface area contributed by atoms with Crippen molar-refractivity contribution in [2.75, 3.05) is 5.73 Å². The molecule has 0 amide bonds. The molecule has 19 heavy (non-hydrogen) atoms. The van der Waals surface area contributed by atoms with Crippen LogP contribution in [0.15, 0.2) is 28.9 Å². The number of aromatic nitrogens is 2. The maximum absolute atomic E-state index is 12.6. The van der Waals surface area contributed by atoms with Crippen LogP contribution in [0.25, 0.3) is 0 Å². The summed E-state index contributed by atoms with van der Waals surface area (Å²) in [6.07, 6.45) is 1.65. The van der Waals surface area contributed by atoms with Crippen LogP contribution in [0.1, 0.15) is 41.5 Å². The number of nitrogen functional groups attached to an aromatic ring is 1. The summed E-state index contributed by atoms with van der Waals surface area (Å²) in [5.74, 6) is -0.0545. The number of ketones is 1. The normalized spacial score (nSPS) is 11.0. The Hall–Kier alpha value is -1.62. The SMILES string of the molecule is Cc1cc(C(=O)c2c(Br)cnn2C(C)C)ccc1N. The lowest BCUT2D eigenvalue weighted by atomic mass is 10.0. The number of nitrogens with zero attached hydrogens (tertiary/aromatic N) is 2. The number of halogens is 1. The molecule has 0 atom stereocenters. The molecular formula is C14H16BrN3O. The Kier molecular flexibility index (Phi) is 3.75. The zero-order chi connectivity index (χ0) is 14.2. The fourth-order valence-electron chi connectivity index (χ4n) is 1.90. The molecule has 4 nitrogen and oxygen atoms in total.